The van der Waals surface area contributed by atoms with Crippen LogP contribution in [0.25, 0.3) is 0 Å². The van der Waals surface area contributed by atoms with Crippen LogP contribution < -0.4 is 15.4 Å². The summed E-state index contributed by atoms with van der Waals surface area (Å²) in [5.41, 5.74) is 1.62. The van der Waals surface area contributed by atoms with Gasteiger partial charge in [-0.1, -0.05) is 24.1 Å². The molecule has 1 aromatic rings. The molecule has 0 bridgehead atoms. The summed E-state index contributed by atoms with van der Waals surface area (Å²) in [4.78, 5) is 20.9. The zero-order chi connectivity index (χ0) is 22.2. The molecule has 1 amide bonds. The van der Waals surface area contributed by atoms with E-state index < -0.39 is 6.61 Å². The van der Waals surface area contributed by atoms with Gasteiger partial charge in [0.05, 0.1) is 0 Å². The van der Waals surface area contributed by atoms with Gasteiger partial charge in [0.15, 0.2) is 5.96 Å². The van der Waals surface area contributed by atoms with Crippen molar-refractivity contribution in [2.24, 2.45) is 10.9 Å². The van der Waals surface area contributed by atoms with Crippen molar-refractivity contribution in [2.75, 3.05) is 46.3 Å². The number of carbonyl (C=O) groups excluding carboxylic acids is 1. The number of ether oxygens (including phenoxy) is 1. The van der Waals surface area contributed by atoms with Crippen LogP contribution in [0.4, 0.5) is 8.78 Å². The third-order valence-electron chi connectivity index (χ3n) is 5.96. The maximum atomic E-state index is 12.6. The minimum absolute atomic E-state index is 0.165. The van der Waals surface area contributed by atoms with Gasteiger partial charge in [-0.3, -0.25) is 14.7 Å². The second-order valence-corrected chi connectivity index (χ2v) is 8.14. The lowest BCUT2D eigenvalue weighted by Crippen LogP contribution is -2.52. The van der Waals surface area contributed by atoms with E-state index in [0.29, 0.717) is 30.5 Å². The molecule has 0 unspecified atom stereocenters. The van der Waals surface area contributed by atoms with Crippen molar-refractivity contribution in [1.29, 1.82) is 0 Å². The number of halogens is 2. The van der Waals surface area contributed by atoms with E-state index in [9.17, 15) is 13.6 Å². The molecule has 7 nitrogen and oxygen atoms in total. The lowest BCUT2D eigenvalue weighted by Gasteiger charge is -2.38. The van der Waals surface area contributed by atoms with Gasteiger partial charge in [0, 0.05) is 64.3 Å². The fourth-order valence-electron chi connectivity index (χ4n) is 3.89. The molecule has 0 aromatic heterocycles. The number of carbonyl (C=O) groups is 1. The van der Waals surface area contributed by atoms with Gasteiger partial charge in [-0.25, -0.2) is 0 Å². The first-order valence-electron chi connectivity index (χ1n) is 11.0. The van der Waals surface area contributed by atoms with Crippen molar-refractivity contribution in [2.45, 2.75) is 39.3 Å². The van der Waals surface area contributed by atoms with Gasteiger partial charge in [0.25, 0.3) is 0 Å². The Morgan fingerprint density at radius 1 is 1.23 bits per heavy atom. The minimum Gasteiger partial charge on any atom is -0.434 e. The van der Waals surface area contributed by atoms with Gasteiger partial charge in [0.1, 0.15) is 5.75 Å². The summed E-state index contributed by atoms with van der Waals surface area (Å²) in [5, 5.41) is 6.41. The van der Waals surface area contributed by atoms with Crippen molar-refractivity contribution in [1.82, 2.24) is 20.4 Å². The summed E-state index contributed by atoms with van der Waals surface area (Å²) in [6.45, 7) is 4.26. The molecule has 0 radical (unpaired) electrons. The first kappa shape index (κ1) is 23.2. The Labute approximate surface area is 182 Å². The average molecular weight is 438 g/mol. The highest BCUT2D eigenvalue weighted by Gasteiger charge is 2.31. The molecule has 1 aliphatic heterocycles. The molecule has 0 atom stereocenters. The van der Waals surface area contributed by atoms with E-state index in [1.54, 1.807) is 19.2 Å². The maximum absolute atomic E-state index is 12.6. The van der Waals surface area contributed by atoms with Gasteiger partial charge >= 0.3 is 6.61 Å². The number of hydrogen-bond donors (Lipinski definition) is 2. The molecular weight excluding hydrogens is 404 g/mol. The predicted octanol–water partition coefficient (Wildman–Crippen LogP) is 2.21. The van der Waals surface area contributed by atoms with Gasteiger partial charge in [-0.2, -0.15) is 8.78 Å². The van der Waals surface area contributed by atoms with Crippen molar-refractivity contribution in [3.05, 3.63) is 29.3 Å². The Balaban J connectivity index is 1.38. The van der Waals surface area contributed by atoms with Gasteiger partial charge in [-0.15, -0.1) is 0 Å². The third-order valence-corrected chi connectivity index (χ3v) is 5.96. The largest absolute Gasteiger partial charge is 0.434 e. The van der Waals surface area contributed by atoms with Crippen LogP contribution in [-0.2, 0) is 11.3 Å². The highest BCUT2D eigenvalue weighted by atomic mass is 19.3. The second-order valence-electron chi connectivity index (χ2n) is 8.14. The topological polar surface area (TPSA) is 69.2 Å². The van der Waals surface area contributed by atoms with Crippen LogP contribution in [0.2, 0.25) is 0 Å². The van der Waals surface area contributed by atoms with Gasteiger partial charge < -0.3 is 20.3 Å². The summed E-state index contributed by atoms with van der Waals surface area (Å²) in [5.74, 6) is 1.36. The number of benzene rings is 1. The van der Waals surface area contributed by atoms with E-state index in [0.717, 1.165) is 51.1 Å². The van der Waals surface area contributed by atoms with Crippen molar-refractivity contribution < 1.29 is 18.3 Å². The molecule has 1 saturated heterocycles. The number of rotatable bonds is 8. The van der Waals surface area contributed by atoms with Crippen molar-refractivity contribution in [3.63, 3.8) is 0 Å². The zero-order valence-electron chi connectivity index (χ0n) is 18.4. The molecule has 3 rings (SSSR count). The summed E-state index contributed by atoms with van der Waals surface area (Å²) < 4.78 is 29.9. The molecule has 2 N–H and O–H groups in total. The van der Waals surface area contributed by atoms with E-state index in [-0.39, 0.29) is 11.7 Å². The number of alkyl halides is 2. The number of nitrogens with one attached hydrogen (secondary N) is 2. The number of aliphatic imine (C=N–C) groups is 1. The minimum atomic E-state index is -2.86. The highest BCUT2D eigenvalue weighted by molar-refractivity contribution is 5.80. The standard InChI is InChI=1S/C22H33F2N5O2/c1-16-6-7-19(31-21(23)24)18(14-16)15-27-22(25-2)26-8-9-28-10-12-29(13-11-28)20(30)17-4-3-5-17/h6-7,14,17,21H,3-5,8-13,15H2,1-2H3,(H2,25,26,27). The summed E-state index contributed by atoms with van der Waals surface area (Å²) in [6.07, 6.45) is 3.28. The number of guanidine groups is 1. The van der Waals surface area contributed by atoms with E-state index in [4.69, 9.17) is 0 Å². The molecule has 1 aromatic carbocycles. The Hall–Kier alpha value is -2.42. The molecule has 2 fully saturated rings. The molecule has 172 valence electrons. The number of nitrogens with zero attached hydrogens (tertiary/aromatic N) is 3. The number of amides is 1. The van der Waals surface area contributed by atoms with E-state index >= 15 is 0 Å². The summed E-state index contributed by atoms with van der Waals surface area (Å²) >= 11 is 0. The summed E-state index contributed by atoms with van der Waals surface area (Å²) in [6, 6.07) is 5.13. The van der Waals surface area contributed by atoms with E-state index in [1.807, 2.05) is 17.9 Å². The predicted molar refractivity (Wildman–Crippen MR) is 116 cm³/mol. The fourth-order valence-corrected chi connectivity index (χ4v) is 3.89. The van der Waals surface area contributed by atoms with Crippen LogP contribution in [-0.4, -0.2) is 74.6 Å². The molecule has 2 aliphatic rings. The molecule has 1 aliphatic carbocycles. The van der Waals surface area contributed by atoms with Gasteiger partial charge in [0.2, 0.25) is 5.91 Å². The van der Waals surface area contributed by atoms with Crippen LogP contribution in [0.15, 0.2) is 23.2 Å². The average Bonchev–Trinajstić information content (AvgIpc) is 2.71. The summed E-state index contributed by atoms with van der Waals surface area (Å²) in [7, 11) is 1.67. The Kier molecular flexibility index (Phi) is 8.45. The normalized spacial score (nSPS) is 18.1. The molecule has 1 saturated carbocycles. The molecule has 0 spiro atoms. The van der Waals surface area contributed by atoms with Gasteiger partial charge in [-0.05, 0) is 25.8 Å². The first-order chi connectivity index (χ1) is 15.0. The Bertz CT molecular complexity index is 762. The second kappa shape index (κ2) is 11.3. The molecular formula is C22H33F2N5O2. The molecule has 1 heterocycles. The smallest absolute Gasteiger partial charge is 0.387 e. The number of aryl methyl sites for hydroxylation is 1. The Morgan fingerprint density at radius 2 is 1.97 bits per heavy atom. The van der Waals surface area contributed by atoms with E-state index in [1.165, 1.54) is 6.42 Å². The first-order valence-corrected chi connectivity index (χ1v) is 11.0. The fraction of sp³-hybridized carbons (Fsp3) is 0.636. The monoisotopic (exact) mass is 437 g/mol. The number of hydrogen-bond acceptors (Lipinski definition) is 4. The number of piperazine rings is 1. The van der Waals surface area contributed by atoms with Crippen LogP contribution in [0.1, 0.15) is 30.4 Å². The van der Waals surface area contributed by atoms with Crippen molar-refractivity contribution in [3.8, 4) is 5.75 Å². The Morgan fingerprint density at radius 3 is 2.58 bits per heavy atom. The van der Waals surface area contributed by atoms with E-state index in [2.05, 4.69) is 25.3 Å². The lowest BCUT2D eigenvalue weighted by molar-refractivity contribution is -0.139. The third kappa shape index (κ3) is 6.78. The van der Waals surface area contributed by atoms with Crippen LogP contribution in [0, 0.1) is 12.8 Å². The lowest BCUT2D eigenvalue weighted by atomic mass is 9.84. The zero-order valence-corrected chi connectivity index (χ0v) is 18.4. The highest BCUT2D eigenvalue weighted by Crippen LogP contribution is 2.28. The van der Waals surface area contributed by atoms with Crippen molar-refractivity contribution >= 4 is 11.9 Å². The molecule has 31 heavy (non-hydrogen) atoms. The maximum Gasteiger partial charge on any atom is 0.387 e. The van der Waals surface area contributed by atoms with Crippen LogP contribution in [0.5, 0.6) is 5.75 Å². The quantitative estimate of drug-likeness (QED) is 0.482. The SMILES string of the molecule is CN=C(NCCN1CCN(C(=O)C2CCC2)CC1)NCc1cc(C)ccc1OC(F)F. The van der Waals surface area contributed by atoms with Crippen LogP contribution >= 0.6 is 0 Å². The molecule has 9 heteroatoms. The van der Waals surface area contributed by atoms with Crippen LogP contribution in [0.3, 0.4) is 0 Å².